The summed E-state index contributed by atoms with van der Waals surface area (Å²) in [4.78, 5) is 12.6. The van der Waals surface area contributed by atoms with Crippen molar-refractivity contribution in [1.82, 2.24) is 0 Å². The number of methoxy groups -OCH3 is 2. The monoisotopic (exact) mass is 358 g/mol. The quantitative estimate of drug-likeness (QED) is 0.736. The van der Waals surface area contributed by atoms with Gasteiger partial charge in [0.05, 0.1) is 19.6 Å². The summed E-state index contributed by atoms with van der Waals surface area (Å²) in [6, 6.07) is 5.75. The van der Waals surface area contributed by atoms with E-state index in [1.807, 2.05) is 0 Å². The predicted octanol–water partition coefficient (Wildman–Crippen LogP) is 2.62. The molecular weight excluding hydrogens is 344 g/mol. The van der Waals surface area contributed by atoms with Crippen molar-refractivity contribution in [3.05, 3.63) is 34.5 Å². The number of ether oxygens (including phenoxy) is 4. The summed E-state index contributed by atoms with van der Waals surface area (Å²) in [5.74, 6) is 0.296. The van der Waals surface area contributed by atoms with E-state index in [0.29, 0.717) is 22.8 Å². The van der Waals surface area contributed by atoms with Gasteiger partial charge in [0.25, 0.3) is 0 Å². The van der Waals surface area contributed by atoms with Gasteiger partial charge in [-0.1, -0.05) is 0 Å². The topological polar surface area (TPSA) is 108 Å². The lowest BCUT2D eigenvalue weighted by Gasteiger charge is -2.11. The first-order valence-corrected chi connectivity index (χ1v) is 7.59. The van der Waals surface area contributed by atoms with Crippen LogP contribution in [0.3, 0.4) is 0 Å². The molecule has 0 unspecified atom stereocenters. The van der Waals surface area contributed by atoms with Crippen LogP contribution in [0.4, 0.5) is 0 Å². The number of rotatable bonds is 3. The van der Waals surface area contributed by atoms with Crippen molar-refractivity contribution in [2.45, 2.75) is 0 Å². The first-order chi connectivity index (χ1) is 12.5. The van der Waals surface area contributed by atoms with Gasteiger partial charge in [-0.3, -0.25) is 4.79 Å². The molecule has 1 aliphatic rings. The smallest absolute Gasteiger partial charge is 0.235 e. The van der Waals surface area contributed by atoms with Gasteiger partial charge in [0.15, 0.2) is 28.6 Å². The molecule has 2 N–H and O–H groups in total. The molecule has 8 nitrogen and oxygen atoms in total. The van der Waals surface area contributed by atoms with E-state index in [-0.39, 0.29) is 35.0 Å². The van der Waals surface area contributed by atoms with Crippen molar-refractivity contribution >= 4 is 11.0 Å². The third-order valence-corrected chi connectivity index (χ3v) is 4.09. The van der Waals surface area contributed by atoms with Gasteiger partial charge in [-0.25, -0.2) is 0 Å². The van der Waals surface area contributed by atoms with Crippen molar-refractivity contribution in [3.63, 3.8) is 0 Å². The van der Waals surface area contributed by atoms with Crippen molar-refractivity contribution in [1.29, 1.82) is 0 Å². The molecule has 0 amide bonds. The molecule has 0 bridgehead atoms. The molecule has 26 heavy (non-hydrogen) atoms. The molecule has 0 fully saturated rings. The maximum absolute atomic E-state index is 12.6. The van der Waals surface area contributed by atoms with Crippen LogP contribution >= 0.6 is 0 Å². The van der Waals surface area contributed by atoms with E-state index in [1.165, 1.54) is 26.4 Å². The van der Waals surface area contributed by atoms with Crippen LogP contribution in [0.2, 0.25) is 0 Å². The number of phenols is 1. The number of fused-ring (bicyclic) bond motifs is 2. The van der Waals surface area contributed by atoms with Crippen molar-refractivity contribution in [3.8, 4) is 45.8 Å². The molecular formula is C18H14O8. The summed E-state index contributed by atoms with van der Waals surface area (Å²) in [6.45, 7) is 0.0322. The lowest BCUT2D eigenvalue weighted by molar-refractivity contribution is 0.171. The standard InChI is InChI=1S/C18H14O8/c1-22-11-5-8(6-12-18(11)25-7-24-12)15-14(21)13(20)9-3-4-10(19)17(23-2)16(9)26-15/h3-6,19,21H,7H2,1-2H3. The van der Waals surface area contributed by atoms with Gasteiger partial charge in [-0.2, -0.15) is 0 Å². The van der Waals surface area contributed by atoms with Gasteiger partial charge in [-0.15, -0.1) is 0 Å². The molecule has 2 heterocycles. The Hall–Kier alpha value is -3.55. The Balaban J connectivity index is 2.04. The predicted molar refractivity (Wildman–Crippen MR) is 90.5 cm³/mol. The second-order valence-corrected chi connectivity index (χ2v) is 5.52. The van der Waals surface area contributed by atoms with Crippen LogP contribution in [0.1, 0.15) is 0 Å². The van der Waals surface area contributed by atoms with Gasteiger partial charge in [0.2, 0.25) is 29.5 Å². The lowest BCUT2D eigenvalue weighted by atomic mass is 10.1. The van der Waals surface area contributed by atoms with Gasteiger partial charge >= 0.3 is 0 Å². The third-order valence-electron chi connectivity index (χ3n) is 4.09. The van der Waals surface area contributed by atoms with Crippen LogP contribution in [-0.4, -0.2) is 31.2 Å². The molecule has 0 atom stereocenters. The zero-order valence-electron chi connectivity index (χ0n) is 13.9. The van der Waals surface area contributed by atoms with Gasteiger partial charge in [-0.05, 0) is 24.3 Å². The van der Waals surface area contributed by atoms with Crippen LogP contribution in [0.15, 0.2) is 33.5 Å². The van der Waals surface area contributed by atoms with Gasteiger partial charge < -0.3 is 33.6 Å². The summed E-state index contributed by atoms with van der Waals surface area (Å²) >= 11 is 0. The van der Waals surface area contributed by atoms with E-state index >= 15 is 0 Å². The average molecular weight is 358 g/mol. The molecule has 4 rings (SSSR count). The molecule has 0 saturated carbocycles. The van der Waals surface area contributed by atoms with E-state index in [9.17, 15) is 15.0 Å². The number of hydrogen-bond donors (Lipinski definition) is 2. The van der Waals surface area contributed by atoms with E-state index < -0.39 is 11.2 Å². The first kappa shape index (κ1) is 15.9. The summed E-state index contributed by atoms with van der Waals surface area (Å²) in [5, 5.41) is 20.4. The van der Waals surface area contributed by atoms with E-state index in [0.717, 1.165) is 0 Å². The Bertz CT molecular complexity index is 1080. The first-order valence-electron chi connectivity index (χ1n) is 7.59. The molecule has 134 valence electrons. The molecule has 2 aromatic carbocycles. The molecule has 0 saturated heterocycles. The highest BCUT2D eigenvalue weighted by atomic mass is 16.7. The fourth-order valence-corrected chi connectivity index (χ4v) is 2.87. The maximum Gasteiger partial charge on any atom is 0.235 e. The van der Waals surface area contributed by atoms with E-state index in [4.69, 9.17) is 23.4 Å². The highest BCUT2D eigenvalue weighted by molar-refractivity contribution is 5.88. The SMILES string of the molecule is COc1cc(-c2oc3c(OC)c(O)ccc3c(=O)c2O)cc2c1OCO2. The van der Waals surface area contributed by atoms with Crippen LogP contribution in [0, 0.1) is 0 Å². The molecule has 1 aliphatic heterocycles. The number of aromatic hydroxyl groups is 2. The highest BCUT2D eigenvalue weighted by Gasteiger charge is 2.25. The summed E-state index contributed by atoms with van der Waals surface area (Å²) in [6.07, 6.45) is 0. The largest absolute Gasteiger partial charge is 0.504 e. The molecule has 0 aliphatic carbocycles. The van der Waals surface area contributed by atoms with Gasteiger partial charge in [0.1, 0.15) is 0 Å². The Morgan fingerprint density at radius 2 is 1.88 bits per heavy atom. The summed E-state index contributed by atoms with van der Waals surface area (Å²) in [5.41, 5.74) is -0.300. The molecule has 3 aromatic rings. The van der Waals surface area contributed by atoms with Crippen LogP contribution < -0.4 is 24.4 Å². The number of benzene rings is 2. The summed E-state index contributed by atoms with van der Waals surface area (Å²) in [7, 11) is 2.79. The second-order valence-electron chi connectivity index (χ2n) is 5.52. The molecule has 1 aromatic heterocycles. The minimum absolute atomic E-state index is 0.00596. The average Bonchev–Trinajstić information content (AvgIpc) is 3.12. The number of hydrogen-bond acceptors (Lipinski definition) is 8. The Morgan fingerprint density at radius 3 is 2.62 bits per heavy atom. The Kier molecular flexibility index (Phi) is 3.54. The second kappa shape index (κ2) is 5.76. The van der Waals surface area contributed by atoms with Crippen molar-refractivity contribution in [2.75, 3.05) is 21.0 Å². The number of phenolic OH excluding ortho intramolecular Hbond substituents is 1. The van der Waals surface area contributed by atoms with Crippen molar-refractivity contribution < 1.29 is 33.6 Å². The minimum atomic E-state index is -0.656. The third kappa shape index (κ3) is 2.19. The molecule has 0 radical (unpaired) electrons. The van der Waals surface area contributed by atoms with Crippen LogP contribution in [-0.2, 0) is 0 Å². The fourth-order valence-electron chi connectivity index (χ4n) is 2.87. The maximum atomic E-state index is 12.6. The normalized spacial score (nSPS) is 12.4. The summed E-state index contributed by atoms with van der Waals surface area (Å²) < 4.78 is 26.8. The fraction of sp³-hybridized carbons (Fsp3) is 0.167. The van der Waals surface area contributed by atoms with Crippen molar-refractivity contribution in [2.24, 2.45) is 0 Å². The minimum Gasteiger partial charge on any atom is -0.504 e. The Morgan fingerprint density at radius 1 is 1.08 bits per heavy atom. The molecule has 8 heteroatoms. The molecule has 0 spiro atoms. The van der Waals surface area contributed by atoms with Crippen LogP contribution in [0.5, 0.6) is 34.5 Å². The van der Waals surface area contributed by atoms with Gasteiger partial charge in [0, 0.05) is 5.56 Å². The Labute approximate surface area is 146 Å². The lowest BCUT2D eigenvalue weighted by Crippen LogP contribution is -2.03. The highest BCUT2D eigenvalue weighted by Crippen LogP contribution is 2.46. The van der Waals surface area contributed by atoms with Crippen LogP contribution in [0.25, 0.3) is 22.3 Å². The van der Waals surface area contributed by atoms with E-state index in [1.54, 1.807) is 12.1 Å². The zero-order chi connectivity index (χ0) is 18.4. The van der Waals surface area contributed by atoms with E-state index in [2.05, 4.69) is 0 Å². The zero-order valence-corrected chi connectivity index (χ0v) is 13.9.